The first-order valence-corrected chi connectivity index (χ1v) is 9.83. The van der Waals surface area contributed by atoms with E-state index < -0.39 is 12.0 Å². The Hall–Kier alpha value is -1.04. The zero-order chi connectivity index (χ0) is 19.2. The third-order valence-electron chi connectivity index (χ3n) is 4.52. The van der Waals surface area contributed by atoms with Gasteiger partial charge < -0.3 is 15.5 Å². The van der Waals surface area contributed by atoms with E-state index in [1.807, 2.05) is 0 Å². The van der Waals surface area contributed by atoms with Crippen molar-refractivity contribution >= 4 is 41.4 Å². The number of carboxylic acids is 1. The molecule has 0 heterocycles. The summed E-state index contributed by atoms with van der Waals surface area (Å²) in [4.78, 5) is 23.4. The molecule has 0 aliphatic carbocycles. The first-order chi connectivity index (χ1) is 12.5. The normalized spacial score (nSPS) is 11.4. The molecule has 0 bridgehead atoms. The first-order valence-electron chi connectivity index (χ1n) is 9.83. The third kappa shape index (κ3) is 12.9. The van der Waals surface area contributed by atoms with Crippen molar-refractivity contribution in [2.75, 3.05) is 0 Å². The number of phenolic OH excluding ortho intramolecular Hbond substituents is 1. The molecule has 5 nitrogen and oxygen atoms in total. The van der Waals surface area contributed by atoms with Crippen molar-refractivity contribution in [3.63, 3.8) is 0 Å². The van der Waals surface area contributed by atoms with Gasteiger partial charge in [-0.15, -0.1) is 0 Å². The molecule has 0 saturated heterocycles. The van der Waals surface area contributed by atoms with E-state index in [0.717, 1.165) is 24.8 Å². The summed E-state index contributed by atoms with van der Waals surface area (Å²) in [6.07, 6.45) is 11.2. The Balaban J connectivity index is 0.00000676. The molecule has 1 aromatic rings. The van der Waals surface area contributed by atoms with Crippen molar-refractivity contribution in [3.8, 4) is 5.75 Å². The summed E-state index contributed by atoms with van der Waals surface area (Å²) >= 11 is 0. The van der Waals surface area contributed by atoms with Crippen LogP contribution in [-0.2, 0) is 16.0 Å². The zero-order valence-corrected chi connectivity index (χ0v) is 15.9. The number of phenols is 1. The number of carboxylic acid groups (broad SMARTS) is 1. The van der Waals surface area contributed by atoms with Gasteiger partial charge in [0.05, 0.1) is 0 Å². The second-order valence-electron chi connectivity index (χ2n) is 6.91. The quantitative estimate of drug-likeness (QED) is 0.335. The molecule has 6 heteroatoms. The molecule has 0 aromatic heterocycles. The molecule has 0 spiro atoms. The van der Waals surface area contributed by atoms with E-state index in [-0.39, 0.29) is 47.6 Å². The van der Waals surface area contributed by atoms with Crippen LogP contribution in [0.25, 0.3) is 0 Å². The number of carbonyl (C=O) groups is 2. The number of hydrogen-bond acceptors (Lipinski definition) is 3. The van der Waals surface area contributed by atoms with Crippen LogP contribution in [0.1, 0.15) is 76.7 Å². The maximum atomic E-state index is 12.0. The van der Waals surface area contributed by atoms with Crippen LogP contribution in [0, 0.1) is 0 Å². The monoisotopic (exact) mass is 387 g/mol. The number of hydrogen-bond donors (Lipinski definition) is 3. The molecule has 1 amide bonds. The Morgan fingerprint density at radius 1 is 0.926 bits per heavy atom. The minimum atomic E-state index is -1.04. The van der Waals surface area contributed by atoms with Gasteiger partial charge in [-0.2, -0.15) is 0 Å². The molecule has 1 unspecified atom stereocenters. The number of nitrogens with one attached hydrogen (secondary N) is 1. The van der Waals surface area contributed by atoms with Crippen LogP contribution >= 0.6 is 0 Å². The van der Waals surface area contributed by atoms with Crippen molar-refractivity contribution in [1.29, 1.82) is 0 Å². The fraction of sp³-hybridized carbons (Fsp3) is 0.619. The van der Waals surface area contributed by atoms with Crippen molar-refractivity contribution < 1.29 is 19.8 Å². The fourth-order valence-corrected chi connectivity index (χ4v) is 2.93. The summed E-state index contributed by atoms with van der Waals surface area (Å²) < 4.78 is 0. The Kier molecular flexibility index (Phi) is 15.3. The zero-order valence-electron chi connectivity index (χ0n) is 15.9. The van der Waals surface area contributed by atoms with Crippen LogP contribution in [0.5, 0.6) is 5.75 Å². The number of aromatic hydroxyl groups is 1. The molecule has 27 heavy (non-hydrogen) atoms. The molecule has 1 atom stereocenters. The van der Waals surface area contributed by atoms with E-state index in [0.29, 0.717) is 6.42 Å². The molecule has 1 aromatic carbocycles. The van der Waals surface area contributed by atoms with Gasteiger partial charge in [-0.05, 0) is 24.1 Å². The number of rotatable bonds is 14. The van der Waals surface area contributed by atoms with E-state index in [9.17, 15) is 19.8 Å². The average molecular weight is 387 g/mol. The van der Waals surface area contributed by atoms with Gasteiger partial charge in [-0.1, -0.05) is 70.4 Å². The Labute approximate surface area is 185 Å². The summed E-state index contributed by atoms with van der Waals surface area (Å²) in [5, 5.41) is 21.2. The van der Waals surface area contributed by atoms with Crippen LogP contribution in [0.15, 0.2) is 24.3 Å². The fourth-order valence-electron chi connectivity index (χ4n) is 2.93. The number of benzene rings is 1. The second kappa shape index (κ2) is 16.0. The summed E-state index contributed by atoms with van der Waals surface area (Å²) in [6.45, 7) is 2.21. The summed E-state index contributed by atoms with van der Waals surface area (Å²) in [7, 11) is 0. The summed E-state index contributed by atoms with van der Waals surface area (Å²) in [6, 6.07) is 5.41. The number of aliphatic carboxylic acids is 1. The SMILES string of the molecule is CCCCCCCCCCCC(=O)NC(Cc1ccc(O)cc1)C(=O)O.[NaH]. The van der Waals surface area contributed by atoms with E-state index in [2.05, 4.69) is 12.2 Å². The van der Waals surface area contributed by atoms with Crippen LogP contribution in [-0.4, -0.2) is 57.7 Å². The van der Waals surface area contributed by atoms with Gasteiger partial charge in [0, 0.05) is 12.8 Å². The number of carbonyl (C=O) groups excluding carboxylic acids is 1. The Morgan fingerprint density at radius 3 is 1.96 bits per heavy atom. The maximum absolute atomic E-state index is 12.0. The molecular formula is C21H34NNaO4. The van der Waals surface area contributed by atoms with Crippen LogP contribution < -0.4 is 5.32 Å². The van der Waals surface area contributed by atoms with Gasteiger partial charge >= 0.3 is 35.5 Å². The van der Waals surface area contributed by atoms with E-state index >= 15 is 0 Å². The summed E-state index contributed by atoms with van der Waals surface area (Å²) in [5.74, 6) is -1.12. The number of amides is 1. The van der Waals surface area contributed by atoms with E-state index in [1.54, 1.807) is 12.1 Å². The molecule has 148 valence electrons. The van der Waals surface area contributed by atoms with Gasteiger partial charge in [-0.25, -0.2) is 4.79 Å². The molecule has 0 aliphatic rings. The average Bonchev–Trinajstić information content (AvgIpc) is 2.61. The summed E-state index contributed by atoms with van der Waals surface area (Å²) in [5.41, 5.74) is 0.763. The molecular weight excluding hydrogens is 353 g/mol. The first kappa shape index (κ1) is 26.0. The second-order valence-corrected chi connectivity index (χ2v) is 6.91. The molecule has 0 saturated carbocycles. The molecule has 1 rings (SSSR count). The van der Waals surface area contributed by atoms with Gasteiger partial charge in [0.2, 0.25) is 5.91 Å². The van der Waals surface area contributed by atoms with Crippen molar-refractivity contribution in [2.24, 2.45) is 0 Å². The number of unbranched alkanes of at least 4 members (excludes halogenated alkanes) is 8. The van der Waals surface area contributed by atoms with Crippen LogP contribution in [0.3, 0.4) is 0 Å². The van der Waals surface area contributed by atoms with Gasteiger partial charge in [-0.3, -0.25) is 4.79 Å². The van der Waals surface area contributed by atoms with E-state index in [4.69, 9.17) is 0 Å². The third-order valence-corrected chi connectivity index (χ3v) is 4.52. The molecule has 0 fully saturated rings. The van der Waals surface area contributed by atoms with Crippen molar-refractivity contribution in [1.82, 2.24) is 5.32 Å². The molecule has 3 N–H and O–H groups in total. The Morgan fingerprint density at radius 2 is 1.44 bits per heavy atom. The molecule has 0 radical (unpaired) electrons. The van der Waals surface area contributed by atoms with Gasteiger partial charge in [0.1, 0.15) is 11.8 Å². The predicted octanol–water partition coefficient (Wildman–Crippen LogP) is 3.78. The van der Waals surface area contributed by atoms with Crippen molar-refractivity contribution in [3.05, 3.63) is 29.8 Å². The van der Waals surface area contributed by atoms with Gasteiger partial charge in [0.25, 0.3) is 0 Å². The minimum absolute atomic E-state index is 0. The van der Waals surface area contributed by atoms with Crippen LogP contribution in [0.4, 0.5) is 0 Å². The van der Waals surface area contributed by atoms with E-state index in [1.165, 1.54) is 50.7 Å². The predicted molar refractivity (Wildman–Crippen MR) is 110 cm³/mol. The van der Waals surface area contributed by atoms with Gasteiger partial charge in [0.15, 0.2) is 0 Å². The van der Waals surface area contributed by atoms with Crippen molar-refractivity contribution in [2.45, 2.75) is 83.6 Å². The Bertz CT molecular complexity index is 533. The van der Waals surface area contributed by atoms with Crippen LogP contribution in [0.2, 0.25) is 0 Å². The topological polar surface area (TPSA) is 86.6 Å². The standard InChI is InChI=1S/C21H33NO4.Na.H/c1-2-3-4-5-6-7-8-9-10-11-20(24)22-19(21(25)26)16-17-12-14-18(23)15-13-17;;/h12-15,19,23H,2-11,16H2,1H3,(H,22,24)(H,25,26);;. The molecule has 0 aliphatic heterocycles.